The summed E-state index contributed by atoms with van der Waals surface area (Å²) in [5, 5.41) is 16.4. The summed E-state index contributed by atoms with van der Waals surface area (Å²) < 4.78 is 25.8. The van der Waals surface area contributed by atoms with Crippen molar-refractivity contribution in [2.24, 2.45) is 0 Å². The van der Waals surface area contributed by atoms with Crippen molar-refractivity contribution < 1.29 is 13.5 Å². The Bertz CT molecular complexity index is 580. The summed E-state index contributed by atoms with van der Waals surface area (Å²) in [6, 6.07) is 5.38. The first-order chi connectivity index (χ1) is 7.58. The highest BCUT2D eigenvalue weighted by Gasteiger charge is 2.15. The molecule has 0 fully saturated rings. The van der Waals surface area contributed by atoms with Crippen LogP contribution in [-0.2, 0) is 10.0 Å². The normalized spacial score (nSPS) is 11.2. The van der Waals surface area contributed by atoms with Crippen LogP contribution in [0.5, 0.6) is 5.75 Å². The first kappa shape index (κ1) is 10.8. The maximum Gasteiger partial charge on any atom is 0.263 e. The van der Waals surface area contributed by atoms with Gasteiger partial charge in [-0.2, -0.15) is 0 Å². The van der Waals surface area contributed by atoms with Crippen LogP contribution in [0.2, 0.25) is 0 Å². The van der Waals surface area contributed by atoms with Gasteiger partial charge >= 0.3 is 0 Å². The highest BCUT2D eigenvalue weighted by atomic mass is 32.2. The molecular weight excluding hydrogens is 250 g/mol. The summed E-state index contributed by atoms with van der Waals surface area (Å²) in [5.41, 5.74) is 1.42. The van der Waals surface area contributed by atoms with Crippen molar-refractivity contribution >= 4 is 26.5 Å². The van der Waals surface area contributed by atoms with E-state index in [1.807, 2.05) is 0 Å². The SMILES string of the molecule is O=S(=O)(Nc1nncs1)c1cccc(O)c1. The number of sulfonamides is 1. The lowest BCUT2D eigenvalue weighted by molar-refractivity contribution is 0.473. The summed E-state index contributed by atoms with van der Waals surface area (Å²) in [4.78, 5) is -0.0253. The first-order valence-corrected chi connectivity index (χ1v) is 6.52. The minimum absolute atomic E-state index is 0.0253. The van der Waals surface area contributed by atoms with Crippen molar-refractivity contribution in [1.82, 2.24) is 10.2 Å². The molecule has 0 saturated carbocycles. The summed E-state index contributed by atoms with van der Waals surface area (Å²) in [6.45, 7) is 0. The van der Waals surface area contributed by atoms with E-state index < -0.39 is 10.0 Å². The minimum Gasteiger partial charge on any atom is -0.508 e. The molecule has 1 aromatic heterocycles. The van der Waals surface area contributed by atoms with Crippen molar-refractivity contribution in [2.45, 2.75) is 4.90 Å². The van der Waals surface area contributed by atoms with Gasteiger partial charge in [0, 0.05) is 6.07 Å². The van der Waals surface area contributed by atoms with E-state index in [1.54, 1.807) is 0 Å². The number of benzene rings is 1. The van der Waals surface area contributed by atoms with Crippen LogP contribution >= 0.6 is 11.3 Å². The number of nitrogens with one attached hydrogen (secondary N) is 1. The molecule has 0 atom stereocenters. The maximum atomic E-state index is 11.8. The lowest BCUT2D eigenvalue weighted by atomic mass is 10.3. The lowest BCUT2D eigenvalue weighted by Gasteiger charge is -2.04. The third-order valence-corrected chi connectivity index (χ3v) is 3.78. The van der Waals surface area contributed by atoms with Gasteiger partial charge in [-0.15, -0.1) is 10.2 Å². The molecule has 1 heterocycles. The third kappa shape index (κ3) is 2.28. The molecule has 0 aliphatic heterocycles. The van der Waals surface area contributed by atoms with Crippen LogP contribution in [0.4, 0.5) is 5.13 Å². The molecule has 0 bridgehead atoms. The average Bonchev–Trinajstić information content (AvgIpc) is 2.70. The van der Waals surface area contributed by atoms with Gasteiger partial charge < -0.3 is 5.11 Å². The monoisotopic (exact) mass is 257 g/mol. The second-order valence-corrected chi connectivity index (χ2v) is 5.36. The van der Waals surface area contributed by atoms with Gasteiger partial charge in [-0.3, -0.25) is 4.72 Å². The zero-order chi connectivity index (χ0) is 11.6. The zero-order valence-electron chi connectivity index (χ0n) is 7.86. The highest BCUT2D eigenvalue weighted by Crippen LogP contribution is 2.19. The van der Waals surface area contributed by atoms with Crippen LogP contribution in [0.25, 0.3) is 0 Å². The van der Waals surface area contributed by atoms with Crippen LogP contribution in [0.3, 0.4) is 0 Å². The molecule has 1 aromatic carbocycles. The molecule has 8 heteroatoms. The van der Waals surface area contributed by atoms with E-state index in [1.165, 1.54) is 23.7 Å². The molecule has 0 amide bonds. The average molecular weight is 257 g/mol. The molecule has 0 aliphatic rings. The van der Waals surface area contributed by atoms with E-state index >= 15 is 0 Å². The van der Waals surface area contributed by atoms with E-state index in [9.17, 15) is 13.5 Å². The van der Waals surface area contributed by atoms with Crippen molar-refractivity contribution in [1.29, 1.82) is 0 Å². The molecule has 0 radical (unpaired) electrons. The van der Waals surface area contributed by atoms with Crippen LogP contribution < -0.4 is 4.72 Å². The van der Waals surface area contributed by atoms with Gasteiger partial charge in [-0.05, 0) is 12.1 Å². The van der Waals surface area contributed by atoms with Crippen molar-refractivity contribution in [3.8, 4) is 5.75 Å². The Morgan fingerprint density at radius 3 is 2.81 bits per heavy atom. The molecule has 16 heavy (non-hydrogen) atoms. The first-order valence-electron chi connectivity index (χ1n) is 4.16. The molecule has 2 rings (SSSR count). The number of aromatic hydroxyl groups is 1. The predicted octanol–water partition coefficient (Wildman–Crippen LogP) is 1.04. The molecule has 6 nitrogen and oxygen atoms in total. The number of hydrogen-bond acceptors (Lipinski definition) is 6. The fourth-order valence-corrected chi connectivity index (χ4v) is 2.77. The summed E-state index contributed by atoms with van der Waals surface area (Å²) >= 11 is 1.07. The maximum absolute atomic E-state index is 11.8. The van der Waals surface area contributed by atoms with E-state index in [0.717, 1.165) is 17.4 Å². The second kappa shape index (κ2) is 4.06. The number of rotatable bonds is 3. The van der Waals surface area contributed by atoms with Crippen molar-refractivity contribution in [3.05, 3.63) is 29.8 Å². The molecule has 0 unspecified atom stereocenters. The number of aromatic nitrogens is 2. The fourth-order valence-electron chi connectivity index (χ4n) is 1.04. The molecule has 0 saturated heterocycles. The van der Waals surface area contributed by atoms with Crippen LogP contribution in [-0.4, -0.2) is 23.7 Å². The molecule has 2 aromatic rings. The van der Waals surface area contributed by atoms with E-state index in [-0.39, 0.29) is 15.8 Å². The Morgan fingerprint density at radius 2 is 2.19 bits per heavy atom. The predicted molar refractivity (Wildman–Crippen MR) is 58.8 cm³/mol. The Balaban J connectivity index is 2.33. The fraction of sp³-hybridized carbons (Fsp3) is 0. The lowest BCUT2D eigenvalue weighted by Crippen LogP contribution is -2.12. The Kier molecular flexibility index (Phi) is 2.75. The third-order valence-electron chi connectivity index (χ3n) is 1.71. The second-order valence-electron chi connectivity index (χ2n) is 2.85. The Labute approximate surface area is 95.6 Å². The Hall–Kier alpha value is -1.67. The van der Waals surface area contributed by atoms with Crippen LogP contribution in [0, 0.1) is 0 Å². The largest absolute Gasteiger partial charge is 0.508 e. The van der Waals surface area contributed by atoms with Gasteiger partial charge in [0.15, 0.2) is 0 Å². The highest BCUT2D eigenvalue weighted by molar-refractivity contribution is 7.93. The summed E-state index contributed by atoms with van der Waals surface area (Å²) in [6.07, 6.45) is 0. The van der Waals surface area contributed by atoms with Gasteiger partial charge in [0.25, 0.3) is 10.0 Å². The molecule has 0 spiro atoms. The van der Waals surface area contributed by atoms with E-state index in [0.29, 0.717) is 0 Å². The van der Waals surface area contributed by atoms with Crippen molar-refractivity contribution in [3.63, 3.8) is 0 Å². The molecular formula is C8H7N3O3S2. The van der Waals surface area contributed by atoms with E-state index in [4.69, 9.17) is 0 Å². The van der Waals surface area contributed by atoms with Gasteiger partial charge in [0.1, 0.15) is 11.3 Å². The summed E-state index contributed by atoms with van der Waals surface area (Å²) in [5.74, 6) is -0.111. The quantitative estimate of drug-likeness (QED) is 0.857. The van der Waals surface area contributed by atoms with Crippen LogP contribution in [0.1, 0.15) is 0 Å². The zero-order valence-corrected chi connectivity index (χ0v) is 9.49. The number of anilines is 1. The van der Waals surface area contributed by atoms with Crippen molar-refractivity contribution in [2.75, 3.05) is 4.72 Å². The van der Waals surface area contributed by atoms with Crippen LogP contribution in [0.15, 0.2) is 34.7 Å². The molecule has 2 N–H and O–H groups in total. The topological polar surface area (TPSA) is 92.2 Å². The number of nitrogens with zero attached hydrogens (tertiary/aromatic N) is 2. The number of hydrogen-bond donors (Lipinski definition) is 2. The molecule has 84 valence electrons. The van der Waals surface area contributed by atoms with Gasteiger partial charge in [0.2, 0.25) is 5.13 Å². The smallest absolute Gasteiger partial charge is 0.263 e. The van der Waals surface area contributed by atoms with E-state index in [2.05, 4.69) is 14.9 Å². The number of phenols is 1. The Morgan fingerprint density at radius 1 is 1.38 bits per heavy atom. The van der Waals surface area contributed by atoms with Gasteiger partial charge in [-0.25, -0.2) is 8.42 Å². The number of phenolic OH excluding ortho intramolecular Hbond substituents is 1. The minimum atomic E-state index is -3.71. The van der Waals surface area contributed by atoms with Gasteiger partial charge in [-0.1, -0.05) is 17.4 Å². The van der Waals surface area contributed by atoms with Gasteiger partial charge in [0.05, 0.1) is 4.90 Å². The summed E-state index contributed by atoms with van der Waals surface area (Å²) in [7, 11) is -3.71. The molecule has 0 aliphatic carbocycles. The standard InChI is InChI=1S/C8H7N3O3S2/c12-6-2-1-3-7(4-6)16(13,14)11-8-10-9-5-15-8/h1-5,12H,(H,10,11).